The maximum atomic E-state index is 12.0. The average molecular weight is 380 g/mol. The van der Waals surface area contributed by atoms with E-state index in [0.717, 1.165) is 23.1 Å². The van der Waals surface area contributed by atoms with Crippen molar-refractivity contribution in [3.05, 3.63) is 28.5 Å². The molecule has 1 aromatic heterocycles. The topological polar surface area (TPSA) is 77.2 Å². The third-order valence-electron chi connectivity index (χ3n) is 3.23. The summed E-state index contributed by atoms with van der Waals surface area (Å²) >= 11 is 3.42. The molecule has 1 amide bonds. The highest BCUT2D eigenvalue weighted by Gasteiger charge is 2.29. The quantitative estimate of drug-likeness (QED) is 0.834. The molecule has 6 nitrogen and oxygen atoms in total. The minimum absolute atomic E-state index is 0.388. The molecule has 122 valence electrons. The molecule has 0 unspecified atom stereocenters. The molecule has 23 heavy (non-hydrogen) atoms. The summed E-state index contributed by atoms with van der Waals surface area (Å²) in [6.07, 6.45) is 1.67. The zero-order valence-corrected chi connectivity index (χ0v) is 14.8. The van der Waals surface area contributed by atoms with Gasteiger partial charge in [-0.3, -0.25) is 5.32 Å². The van der Waals surface area contributed by atoms with Crippen LogP contribution in [0.15, 0.2) is 27.2 Å². The second-order valence-corrected chi connectivity index (χ2v) is 7.46. The normalized spacial score (nSPS) is 14.6. The molecule has 0 atom stereocenters. The van der Waals surface area contributed by atoms with Gasteiger partial charge in [0.1, 0.15) is 5.60 Å². The van der Waals surface area contributed by atoms with E-state index >= 15 is 0 Å². The largest absolute Gasteiger partial charge is 0.444 e. The Morgan fingerprint density at radius 1 is 1.39 bits per heavy atom. The van der Waals surface area contributed by atoms with E-state index < -0.39 is 11.7 Å². The lowest BCUT2D eigenvalue weighted by molar-refractivity contribution is 0.0636. The maximum absolute atomic E-state index is 12.0. The highest BCUT2D eigenvalue weighted by Crippen LogP contribution is 2.39. The van der Waals surface area contributed by atoms with Crippen LogP contribution in [0.5, 0.6) is 0 Å². The van der Waals surface area contributed by atoms with Crippen LogP contribution in [0.25, 0.3) is 11.5 Å². The summed E-state index contributed by atoms with van der Waals surface area (Å²) in [5.74, 6) is 1.52. The first-order valence-electron chi connectivity index (χ1n) is 7.45. The zero-order valence-electron chi connectivity index (χ0n) is 13.2. The van der Waals surface area contributed by atoms with E-state index in [9.17, 15) is 4.79 Å². The molecule has 7 heteroatoms. The minimum Gasteiger partial charge on any atom is -0.444 e. The molecule has 1 N–H and O–H groups in total. The van der Waals surface area contributed by atoms with Gasteiger partial charge in [0.15, 0.2) is 5.82 Å². The summed E-state index contributed by atoms with van der Waals surface area (Å²) in [6, 6.07) is 5.43. The van der Waals surface area contributed by atoms with Crippen LogP contribution in [0.1, 0.15) is 45.4 Å². The van der Waals surface area contributed by atoms with Gasteiger partial charge in [-0.2, -0.15) is 4.98 Å². The van der Waals surface area contributed by atoms with E-state index in [1.165, 1.54) is 0 Å². The van der Waals surface area contributed by atoms with E-state index in [1.54, 1.807) is 6.07 Å². The van der Waals surface area contributed by atoms with Gasteiger partial charge in [-0.15, -0.1) is 0 Å². The van der Waals surface area contributed by atoms with Crippen molar-refractivity contribution < 1.29 is 14.1 Å². The van der Waals surface area contributed by atoms with Crippen molar-refractivity contribution in [2.24, 2.45) is 0 Å². The summed E-state index contributed by atoms with van der Waals surface area (Å²) in [6.45, 7) is 5.44. The Morgan fingerprint density at radius 2 is 2.13 bits per heavy atom. The highest BCUT2D eigenvalue weighted by molar-refractivity contribution is 9.10. The molecule has 0 spiro atoms. The molecule has 1 heterocycles. The number of aromatic nitrogens is 2. The molecular weight excluding hydrogens is 362 g/mol. The van der Waals surface area contributed by atoms with Crippen molar-refractivity contribution in [1.82, 2.24) is 10.1 Å². The molecule has 1 aliphatic carbocycles. The zero-order chi connectivity index (χ0) is 16.6. The summed E-state index contributed by atoms with van der Waals surface area (Å²) < 4.78 is 11.5. The predicted octanol–water partition coefficient (Wildman–Crippen LogP) is 4.72. The number of amides is 1. The molecular formula is C16H18BrN3O3. The van der Waals surface area contributed by atoms with Gasteiger partial charge in [-0.1, -0.05) is 21.1 Å². The van der Waals surface area contributed by atoms with Crippen molar-refractivity contribution in [3.63, 3.8) is 0 Å². The van der Waals surface area contributed by atoms with Crippen LogP contribution in [-0.2, 0) is 4.74 Å². The molecule has 0 aliphatic heterocycles. The van der Waals surface area contributed by atoms with Crippen molar-refractivity contribution in [1.29, 1.82) is 0 Å². The van der Waals surface area contributed by atoms with Crippen LogP contribution in [0.2, 0.25) is 0 Å². The molecule has 0 radical (unpaired) electrons. The first kappa shape index (κ1) is 16.0. The number of ether oxygens (including phenoxy) is 1. The van der Waals surface area contributed by atoms with Crippen LogP contribution in [-0.4, -0.2) is 21.8 Å². The van der Waals surface area contributed by atoms with Crippen molar-refractivity contribution in [3.8, 4) is 11.5 Å². The number of nitrogens with one attached hydrogen (secondary N) is 1. The second-order valence-electron chi connectivity index (χ2n) is 6.55. The van der Waals surface area contributed by atoms with Gasteiger partial charge in [0.2, 0.25) is 0 Å². The number of nitrogens with zero attached hydrogens (tertiary/aromatic N) is 2. The Bertz CT molecular complexity index is 732. The van der Waals surface area contributed by atoms with Crippen LogP contribution in [0.3, 0.4) is 0 Å². The molecule has 1 aliphatic rings. The highest BCUT2D eigenvalue weighted by atomic mass is 79.9. The summed E-state index contributed by atoms with van der Waals surface area (Å²) in [4.78, 5) is 16.4. The van der Waals surface area contributed by atoms with E-state index in [1.807, 2.05) is 32.9 Å². The number of carbonyl (C=O) groups excluding carboxylic acids is 1. The summed E-state index contributed by atoms with van der Waals surface area (Å²) in [5, 5.41) is 6.76. The standard InChI is InChI=1S/C16H18BrN3O3/c1-16(2,3)22-15(21)18-12-7-6-10(17)8-11(12)14-19-13(20-23-14)9-4-5-9/h6-9H,4-5H2,1-3H3,(H,18,21). The monoisotopic (exact) mass is 379 g/mol. The number of carbonyl (C=O) groups is 1. The van der Waals surface area contributed by atoms with Crippen LogP contribution >= 0.6 is 15.9 Å². The first-order chi connectivity index (χ1) is 10.8. The fourth-order valence-electron chi connectivity index (χ4n) is 2.07. The van der Waals surface area contributed by atoms with Crippen molar-refractivity contribution in [2.75, 3.05) is 5.32 Å². The molecule has 2 aromatic rings. The molecule has 1 saturated carbocycles. The average Bonchev–Trinajstić information content (AvgIpc) is 3.17. The van der Waals surface area contributed by atoms with E-state index in [-0.39, 0.29) is 0 Å². The van der Waals surface area contributed by atoms with Crippen LogP contribution in [0, 0.1) is 0 Å². The molecule has 1 fully saturated rings. The summed E-state index contributed by atoms with van der Waals surface area (Å²) in [7, 11) is 0. The van der Waals surface area contributed by atoms with Crippen LogP contribution in [0.4, 0.5) is 10.5 Å². The SMILES string of the molecule is CC(C)(C)OC(=O)Nc1ccc(Br)cc1-c1nc(C2CC2)no1. The predicted molar refractivity (Wildman–Crippen MR) is 89.3 cm³/mol. The Balaban J connectivity index is 1.86. The van der Waals surface area contributed by atoms with Gasteiger partial charge in [0.25, 0.3) is 5.89 Å². The number of hydrogen-bond acceptors (Lipinski definition) is 5. The number of rotatable bonds is 3. The number of halogens is 1. The number of hydrogen-bond donors (Lipinski definition) is 1. The van der Waals surface area contributed by atoms with Gasteiger partial charge in [0, 0.05) is 10.4 Å². The lowest BCUT2D eigenvalue weighted by Gasteiger charge is -2.20. The fraction of sp³-hybridized carbons (Fsp3) is 0.438. The lowest BCUT2D eigenvalue weighted by Crippen LogP contribution is -2.27. The van der Waals surface area contributed by atoms with Gasteiger partial charge in [-0.05, 0) is 51.8 Å². The van der Waals surface area contributed by atoms with Gasteiger partial charge < -0.3 is 9.26 Å². The van der Waals surface area contributed by atoms with Gasteiger partial charge in [0.05, 0.1) is 11.3 Å². The van der Waals surface area contributed by atoms with Crippen molar-refractivity contribution in [2.45, 2.75) is 45.1 Å². The van der Waals surface area contributed by atoms with Gasteiger partial charge >= 0.3 is 6.09 Å². The lowest BCUT2D eigenvalue weighted by atomic mass is 10.1. The number of benzene rings is 1. The molecule has 1 aromatic carbocycles. The van der Waals surface area contributed by atoms with E-state index in [2.05, 4.69) is 31.4 Å². The Kier molecular flexibility index (Phi) is 4.14. The molecule has 0 bridgehead atoms. The van der Waals surface area contributed by atoms with E-state index in [4.69, 9.17) is 9.26 Å². The Morgan fingerprint density at radius 3 is 2.78 bits per heavy atom. The first-order valence-corrected chi connectivity index (χ1v) is 8.25. The fourth-order valence-corrected chi connectivity index (χ4v) is 2.43. The maximum Gasteiger partial charge on any atom is 0.412 e. The molecule has 0 saturated heterocycles. The van der Waals surface area contributed by atoms with E-state index in [0.29, 0.717) is 23.1 Å². The Labute approximate surface area is 142 Å². The smallest absolute Gasteiger partial charge is 0.412 e. The third-order valence-corrected chi connectivity index (χ3v) is 3.73. The second kappa shape index (κ2) is 5.96. The van der Waals surface area contributed by atoms with Crippen LogP contribution < -0.4 is 5.32 Å². The number of anilines is 1. The Hall–Kier alpha value is -1.89. The molecule has 3 rings (SSSR count). The van der Waals surface area contributed by atoms with Gasteiger partial charge in [-0.25, -0.2) is 4.79 Å². The summed E-state index contributed by atoms with van der Waals surface area (Å²) in [5.41, 5.74) is 0.654. The van der Waals surface area contributed by atoms with Crippen molar-refractivity contribution >= 4 is 27.7 Å². The minimum atomic E-state index is -0.566. The third kappa shape index (κ3) is 4.10.